The van der Waals surface area contributed by atoms with Gasteiger partial charge in [0.15, 0.2) is 0 Å². The van der Waals surface area contributed by atoms with Crippen molar-refractivity contribution in [1.29, 1.82) is 0 Å². The molecule has 1 aromatic carbocycles. The maximum atomic E-state index is 11.7. The zero-order valence-corrected chi connectivity index (χ0v) is 14.9. The van der Waals surface area contributed by atoms with E-state index in [1.807, 2.05) is 37.3 Å². The van der Waals surface area contributed by atoms with Gasteiger partial charge < -0.3 is 4.74 Å². The first-order valence-electron chi connectivity index (χ1n) is 8.40. The average Bonchev–Trinajstić information content (AvgIpc) is 2.62. The molecular formula is C19H25NO5. The van der Waals surface area contributed by atoms with E-state index >= 15 is 0 Å². The van der Waals surface area contributed by atoms with Crippen LogP contribution in [0.1, 0.15) is 57.1 Å². The summed E-state index contributed by atoms with van der Waals surface area (Å²) in [5.74, 6) is -0.654. The van der Waals surface area contributed by atoms with Gasteiger partial charge in [-0.25, -0.2) is 4.79 Å². The number of hydrogen-bond acceptors (Lipinski definition) is 5. The van der Waals surface area contributed by atoms with Crippen LogP contribution in [0.15, 0.2) is 30.3 Å². The van der Waals surface area contributed by atoms with Gasteiger partial charge in [0.25, 0.3) is 12.3 Å². The SMILES string of the molecule is CC/C=C/c1ccccc1C(C)COC(=O)ON(C=O)C(=O)CCC. The van der Waals surface area contributed by atoms with Crippen LogP contribution >= 0.6 is 0 Å². The largest absolute Gasteiger partial charge is 0.533 e. The number of hydrogen-bond donors (Lipinski definition) is 0. The average molecular weight is 347 g/mol. The molecule has 1 aromatic rings. The summed E-state index contributed by atoms with van der Waals surface area (Å²) in [6.07, 6.45) is 4.75. The van der Waals surface area contributed by atoms with Crippen molar-refractivity contribution in [1.82, 2.24) is 5.06 Å². The number of amides is 2. The first kappa shape index (κ1) is 20.4. The van der Waals surface area contributed by atoms with Crippen LogP contribution in [-0.4, -0.2) is 30.1 Å². The van der Waals surface area contributed by atoms with Crippen LogP contribution in [-0.2, 0) is 19.2 Å². The number of benzene rings is 1. The molecule has 1 rings (SSSR count). The number of allylic oxidation sites excluding steroid dienone is 1. The zero-order chi connectivity index (χ0) is 18.7. The fourth-order valence-electron chi connectivity index (χ4n) is 2.20. The molecule has 0 heterocycles. The van der Waals surface area contributed by atoms with E-state index in [-0.39, 0.29) is 25.4 Å². The van der Waals surface area contributed by atoms with Crippen molar-refractivity contribution >= 4 is 24.5 Å². The lowest BCUT2D eigenvalue weighted by Crippen LogP contribution is -2.32. The third-order valence-corrected chi connectivity index (χ3v) is 3.49. The lowest BCUT2D eigenvalue weighted by Gasteiger charge is -2.17. The molecule has 136 valence electrons. The summed E-state index contributed by atoms with van der Waals surface area (Å²) in [6.45, 7) is 5.84. The number of carbonyl (C=O) groups excluding carboxylic acids is 3. The number of nitrogens with zero attached hydrogens (tertiary/aromatic N) is 1. The molecule has 0 radical (unpaired) electrons. The van der Waals surface area contributed by atoms with Gasteiger partial charge in [-0.15, -0.1) is 5.06 Å². The Kier molecular flexibility index (Phi) is 9.00. The maximum absolute atomic E-state index is 11.7. The molecule has 1 atom stereocenters. The quantitative estimate of drug-likeness (QED) is 0.403. The molecule has 0 fully saturated rings. The van der Waals surface area contributed by atoms with E-state index in [4.69, 9.17) is 4.74 Å². The third kappa shape index (κ3) is 6.79. The molecule has 0 aliphatic heterocycles. The predicted molar refractivity (Wildman–Crippen MR) is 94.4 cm³/mol. The van der Waals surface area contributed by atoms with Gasteiger partial charge in [0.1, 0.15) is 6.61 Å². The van der Waals surface area contributed by atoms with Crippen LogP contribution < -0.4 is 0 Å². The first-order valence-corrected chi connectivity index (χ1v) is 8.40. The molecular weight excluding hydrogens is 322 g/mol. The van der Waals surface area contributed by atoms with Crippen LogP contribution in [0.5, 0.6) is 0 Å². The highest BCUT2D eigenvalue weighted by atomic mass is 16.8. The lowest BCUT2D eigenvalue weighted by atomic mass is 9.96. The summed E-state index contributed by atoms with van der Waals surface area (Å²) in [5.41, 5.74) is 2.09. The topological polar surface area (TPSA) is 72.9 Å². The van der Waals surface area contributed by atoms with Gasteiger partial charge in [0, 0.05) is 12.3 Å². The molecule has 0 aromatic heterocycles. The minimum Gasteiger partial charge on any atom is -0.432 e. The summed E-state index contributed by atoms with van der Waals surface area (Å²) >= 11 is 0. The van der Waals surface area contributed by atoms with Gasteiger partial charge >= 0.3 is 6.16 Å². The Bertz CT molecular complexity index is 612. The predicted octanol–water partition coefficient (Wildman–Crippen LogP) is 4.07. The van der Waals surface area contributed by atoms with Crippen molar-refractivity contribution in [2.24, 2.45) is 0 Å². The molecule has 0 aliphatic carbocycles. The second kappa shape index (κ2) is 11.0. The van der Waals surface area contributed by atoms with Gasteiger partial charge in [-0.05, 0) is 24.0 Å². The summed E-state index contributed by atoms with van der Waals surface area (Å²) in [4.78, 5) is 38.7. The van der Waals surface area contributed by atoms with Crippen molar-refractivity contribution in [2.45, 2.75) is 46.0 Å². The molecule has 0 bridgehead atoms. The summed E-state index contributed by atoms with van der Waals surface area (Å²) in [5, 5.41) is 0.369. The number of carbonyl (C=O) groups is 3. The normalized spacial score (nSPS) is 11.8. The summed E-state index contributed by atoms with van der Waals surface area (Å²) < 4.78 is 5.04. The van der Waals surface area contributed by atoms with Crippen LogP contribution in [0.3, 0.4) is 0 Å². The minimum absolute atomic E-state index is 0.0683. The van der Waals surface area contributed by atoms with E-state index in [9.17, 15) is 14.4 Å². The molecule has 6 nitrogen and oxygen atoms in total. The van der Waals surface area contributed by atoms with E-state index in [0.29, 0.717) is 11.5 Å². The number of ether oxygens (including phenoxy) is 1. The van der Waals surface area contributed by atoms with Crippen molar-refractivity contribution in [3.05, 3.63) is 41.5 Å². The molecule has 0 aliphatic rings. The fourth-order valence-corrected chi connectivity index (χ4v) is 2.20. The minimum atomic E-state index is -1.08. The number of imide groups is 1. The second-order valence-corrected chi connectivity index (χ2v) is 5.57. The Hall–Kier alpha value is -2.63. The van der Waals surface area contributed by atoms with Gasteiger partial charge in [0.05, 0.1) is 0 Å². The molecule has 0 saturated carbocycles. The van der Waals surface area contributed by atoms with Crippen molar-refractivity contribution in [3.63, 3.8) is 0 Å². The summed E-state index contributed by atoms with van der Waals surface area (Å²) in [7, 11) is 0. The molecule has 25 heavy (non-hydrogen) atoms. The Morgan fingerprint density at radius 1 is 1.24 bits per heavy atom. The second-order valence-electron chi connectivity index (χ2n) is 5.57. The van der Waals surface area contributed by atoms with Crippen LogP contribution in [0.4, 0.5) is 4.79 Å². The molecule has 6 heteroatoms. The number of hydroxylamine groups is 2. The number of rotatable bonds is 8. The lowest BCUT2D eigenvalue weighted by molar-refractivity contribution is -0.176. The monoisotopic (exact) mass is 347 g/mol. The van der Waals surface area contributed by atoms with E-state index in [1.165, 1.54) is 0 Å². The Morgan fingerprint density at radius 3 is 2.60 bits per heavy atom. The highest BCUT2D eigenvalue weighted by Crippen LogP contribution is 2.22. The summed E-state index contributed by atoms with van der Waals surface area (Å²) in [6, 6.07) is 7.83. The molecule has 2 amide bonds. The molecule has 1 unspecified atom stereocenters. The van der Waals surface area contributed by atoms with Gasteiger partial charge in [0.2, 0.25) is 0 Å². The Balaban J connectivity index is 2.62. The molecule has 0 saturated heterocycles. The van der Waals surface area contributed by atoms with Crippen molar-refractivity contribution < 1.29 is 24.0 Å². The van der Waals surface area contributed by atoms with Gasteiger partial charge in [-0.1, -0.05) is 57.2 Å². The van der Waals surface area contributed by atoms with Crippen LogP contribution in [0.2, 0.25) is 0 Å². The van der Waals surface area contributed by atoms with Crippen LogP contribution in [0.25, 0.3) is 6.08 Å². The maximum Gasteiger partial charge on any atom is 0.533 e. The highest BCUT2D eigenvalue weighted by molar-refractivity contribution is 5.85. The fraction of sp³-hybridized carbons (Fsp3) is 0.421. The van der Waals surface area contributed by atoms with E-state index < -0.39 is 12.1 Å². The van der Waals surface area contributed by atoms with Gasteiger partial charge in [-0.2, -0.15) is 0 Å². The van der Waals surface area contributed by atoms with Crippen molar-refractivity contribution in [3.8, 4) is 0 Å². The standard InChI is InChI=1S/C19H25NO5/c1-4-6-10-16-11-7-8-12-17(16)15(3)13-24-19(23)25-20(14-21)18(22)9-5-2/h6-8,10-12,14-15H,4-5,9,13H2,1-3H3/b10-6+. The first-order chi connectivity index (χ1) is 12.0. The van der Waals surface area contributed by atoms with Crippen LogP contribution in [0, 0.1) is 0 Å². The Labute approximate surface area is 148 Å². The molecule has 0 spiro atoms. The van der Waals surface area contributed by atoms with Crippen molar-refractivity contribution in [2.75, 3.05) is 6.61 Å². The third-order valence-electron chi connectivity index (χ3n) is 3.49. The van der Waals surface area contributed by atoms with E-state index in [1.54, 1.807) is 6.92 Å². The van der Waals surface area contributed by atoms with Gasteiger partial charge in [-0.3, -0.25) is 14.4 Å². The highest BCUT2D eigenvalue weighted by Gasteiger charge is 2.19. The zero-order valence-electron chi connectivity index (χ0n) is 14.9. The smallest absolute Gasteiger partial charge is 0.432 e. The van der Waals surface area contributed by atoms with E-state index in [0.717, 1.165) is 17.5 Å². The Morgan fingerprint density at radius 2 is 1.96 bits per heavy atom. The van der Waals surface area contributed by atoms with E-state index in [2.05, 4.69) is 17.8 Å². The molecule has 0 N–H and O–H groups in total.